The zero-order valence-corrected chi connectivity index (χ0v) is 9.29. The van der Waals surface area contributed by atoms with Crippen molar-refractivity contribution in [3.63, 3.8) is 0 Å². The first-order valence-corrected chi connectivity index (χ1v) is 7.08. The van der Waals surface area contributed by atoms with E-state index in [4.69, 9.17) is 0 Å². The van der Waals surface area contributed by atoms with Gasteiger partial charge in [0.05, 0.1) is 0 Å². The van der Waals surface area contributed by atoms with Crippen LogP contribution in [0.25, 0.3) is 0 Å². The van der Waals surface area contributed by atoms with E-state index in [0.29, 0.717) is 19.1 Å². The van der Waals surface area contributed by atoms with E-state index in [0.717, 1.165) is 53.3 Å². The van der Waals surface area contributed by atoms with Gasteiger partial charge in [0.1, 0.15) is 0 Å². The highest BCUT2D eigenvalue weighted by Crippen LogP contribution is 2.95. The van der Waals surface area contributed by atoms with E-state index in [9.17, 15) is 10.2 Å². The van der Waals surface area contributed by atoms with Crippen molar-refractivity contribution in [1.29, 1.82) is 0 Å². The standard InChI is InChI=1S/C14H18O2/c15-2-6-10-8-4-1-5-9-7(4)11(10)13(9)14(6,3-16)12(5)8/h4-13,15-16H,1-3H2. The molecule has 4 bridgehead atoms. The highest BCUT2D eigenvalue weighted by Gasteiger charge is 2.93. The van der Waals surface area contributed by atoms with Crippen LogP contribution < -0.4 is 0 Å². The summed E-state index contributed by atoms with van der Waals surface area (Å²) >= 11 is 0. The summed E-state index contributed by atoms with van der Waals surface area (Å²) in [6, 6.07) is 0. The van der Waals surface area contributed by atoms with Crippen LogP contribution in [-0.4, -0.2) is 23.4 Å². The van der Waals surface area contributed by atoms with E-state index < -0.39 is 0 Å². The molecule has 7 aliphatic carbocycles. The van der Waals surface area contributed by atoms with Crippen molar-refractivity contribution in [3.05, 3.63) is 0 Å². The van der Waals surface area contributed by atoms with Crippen LogP contribution >= 0.6 is 0 Å². The van der Waals surface area contributed by atoms with Crippen molar-refractivity contribution in [2.24, 2.45) is 64.6 Å². The molecule has 11 atom stereocenters. The smallest absolute Gasteiger partial charge is 0.0496 e. The number of hydrogen-bond acceptors (Lipinski definition) is 2. The van der Waals surface area contributed by atoms with Gasteiger partial charge in [-0.3, -0.25) is 0 Å². The Morgan fingerprint density at radius 1 is 0.875 bits per heavy atom. The summed E-state index contributed by atoms with van der Waals surface area (Å²) in [7, 11) is 0. The molecular weight excluding hydrogens is 200 g/mol. The van der Waals surface area contributed by atoms with Gasteiger partial charge >= 0.3 is 0 Å². The first-order chi connectivity index (χ1) is 7.86. The van der Waals surface area contributed by atoms with Gasteiger partial charge in [0, 0.05) is 18.6 Å². The Bertz CT molecular complexity index is 415. The van der Waals surface area contributed by atoms with Crippen molar-refractivity contribution in [2.75, 3.05) is 13.2 Å². The van der Waals surface area contributed by atoms with Crippen molar-refractivity contribution in [3.8, 4) is 0 Å². The third-order valence-electron chi connectivity index (χ3n) is 8.38. The maximum Gasteiger partial charge on any atom is 0.0496 e. The summed E-state index contributed by atoms with van der Waals surface area (Å²) in [5, 5.41) is 19.8. The topological polar surface area (TPSA) is 40.5 Å². The summed E-state index contributed by atoms with van der Waals surface area (Å²) < 4.78 is 0. The van der Waals surface area contributed by atoms with Gasteiger partial charge in [-0.2, -0.15) is 0 Å². The molecule has 2 N–H and O–H groups in total. The van der Waals surface area contributed by atoms with Crippen LogP contribution in [0, 0.1) is 64.6 Å². The van der Waals surface area contributed by atoms with E-state index in [-0.39, 0.29) is 5.41 Å². The molecule has 0 amide bonds. The second-order valence-electron chi connectivity index (χ2n) is 7.56. The van der Waals surface area contributed by atoms with Gasteiger partial charge in [-0.1, -0.05) is 0 Å². The van der Waals surface area contributed by atoms with Crippen molar-refractivity contribution < 1.29 is 10.2 Å². The molecule has 0 aromatic heterocycles. The Morgan fingerprint density at radius 3 is 2.44 bits per heavy atom. The molecule has 0 aromatic rings. The second-order valence-corrected chi connectivity index (χ2v) is 7.56. The molecule has 0 aliphatic heterocycles. The highest BCUT2D eigenvalue weighted by molar-refractivity contribution is 5.39. The lowest BCUT2D eigenvalue weighted by atomic mass is 9.57. The third-order valence-corrected chi connectivity index (χ3v) is 8.38. The van der Waals surface area contributed by atoms with E-state index in [2.05, 4.69) is 0 Å². The minimum absolute atomic E-state index is 0.200. The first kappa shape index (κ1) is 8.10. The molecule has 0 saturated heterocycles. The minimum Gasteiger partial charge on any atom is -0.396 e. The molecule has 16 heavy (non-hydrogen) atoms. The molecule has 7 rings (SSSR count). The number of rotatable bonds is 2. The maximum absolute atomic E-state index is 10.0. The molecule has 0 radical (unpaired) electrons. The molecule has 0 heterocycles. The number of aliphatic hydroxyl groups excluding tert-OH is 2. The lowest BCUT2D eigenvalue weighted by Gasteiger charge is -2.48. The predicted molar refractivity (Wildman–Crippen MR) is 56.1 cm³/mol. The molecule has 7 aliphatic rings. The molecule has 86 valence electrons. The van der Waals surface area contributed by atoms with Crippen LogP contribution in [0.4, 0.5) is 0 Å². The van der Waals surface area contributed by atoms with Gasteiger partial charge in [-0.25, -0.2) is 0 Å². The molecule has 7 fully saturated rings. The predicted octanol–water partition coefficient (Wildman–Crippen LogP) is 0.591. The average Bonchev–Trinajstić information content (AvgIpc) is 2.86. The molecule has 2 nitrogen and oxygen atoms in total. The SMILES string of the molecule is OCC1C2C3C4CC5C6C4C2C6C1(CO)C53. The van der Waals surface area contributed by atoms with Crippen LogP contribution in [0.2, 0.25) is 0 Å². The van der Waals surface area contributed by atoms with Crippen LogP contribution in [0.1, 0.15) is 6.42 Å². The summed E-state index contributed by atoms with van der Waals surface area (Å²) in [5.74, 6) is 8.86. The molecule has 0 spiro atoms. The van der Waals surface area contributed by atoms with Gasteiger partial charge in [-0.15, -0.1) is 0 Å². The fraction of sp³-hybridized carbons (Fsp3) is 1.00. The van der Waals surface area contributed by atoms with Crippen LogP contribution in [0.3, 0.4) is 0 Å². The van der Waals surface area contributed by atoms with Gasteiger partial charge < -0.3 is 10.2 Å². The fourth-order valence-corrected chi connectivity index (χ4v) is 8.93. The molecule has 2 heteroatoms. The summed E-state index contributed by atoms with van der Waals surface area (Å²) in [4.78, 5) is 0. The molecule has 0 aromatic carbocycles. The van der Waals surface area contributed by atoms with E-state index in [1.54, 1.807) is 0 Å². The lowest BCUT2D eigenvalue weighted by Crippen LogP contribution is -2.46. The number of hydrogen-bond donors (Lipinski definition) is 2. The Morgan fingerprint density at radius 2 is 1.69 bits per heavy atom. The Hall–Kier alpha value is -0.0800. The van der Waals surface area contributed by atoms with Crippen molar-refractivity contribution in [2.45, 2.75) is 6.42 Å². The summed E-state index contributed by atoms with van der Waals surface area (Å²) in [6.45, 7) is 0.730. The molecular formula is C14H18O2. The van der Waals surface area contributed by atoms with E-state index in [1.165, 1.54) is 6.42 Å². The van der Waals surface area contributed by atoms with Crippen molar-refractivity contribution >= 4 is 0 Å². The molecule has 7 saturated carbocycles. The van der Waals surface area contributed by atoms with Crippen LogP contribution in [0.5, 0.6) is 0 Å². The van der Waals surface area contributed by atoms with Gasteiger partial charge in [0.25, 0.3) is 0 Å². The Labute approximate surface area is 95.0 Å². The zero-order valence-electron chi connectivity index (χ0n) is 9.29. The van der Waals surface area contributed by atoms with Crippen molar-refractivity contribution in [1.82, 2.24) is 0 Å². The average molecular weight is 218 g/mol. The highest BCUT2D eigenvalue weighted by atomic mass is 16.3. The molecule has 11 unspecified atom stereocenters. The Kier molecular flexibility index (Phi) is 0.966. The zero-order chi connectivity index (χ0) is 10.4. The summed E-state index contributed by atoms with van der Waals surface area (Å²) in [5.41, 5.74) is 0.200. The van der Waals surface area contributed by atoms with Gasteiger partial charge in [0.2, 0.25) is 0 Å². The van der Waals surface area contributed by atoms with E-state index >= 15 is 0 Å². The quantitative estimate of drug-likeness (QED) is 0.712. The maximum atomic E-state index is 10.0. The minimum atomic E-state index is 0.200. The van der Waals surface area contributed by atoms with Gasteiger partial charge in [0.15, 0.2) is 0 Å². The normalized spacial score (nSPS) is 82.9. The van der Waals surface area contributed by atoms with E-state index in [1.807, 2.05) is 0 Å². The van der Waals surface area contributed by atoms with Crippen LogP contribution in [-0.2, 0) is 0 Å². The number of aliphatic hydroxyl groups is 2. The third kappa shape index (κ3) is 0.414. The monoisotopic (exact) mass is 218 g/mol. The van der Waals surface area contributed by atoms with Gasteiger partial charge in [-0.05, 0) is 65.6 Å². The largest absolute Gasteiger partial charge is 0.396 e. The summed E-state index contributed by atoms with van der Waals surface area (Å²) in [6.07, 6.45) is 1.49. The fourth-order valence-electron chi connectivity index (χ4n) is 8.93. The van der Waals surface area contributed by atoms with Crippen LogP contribution in [0.15, 0.2) is 0 Å². The first-order valence-electron chi connectivity index (χ1n) is 7.08. The second kappa shape index (κ2) is 1.91. The lowest BCUT2D eigenvalue weighted by molar-refractivity contribution is -0.0433. The Balaban J connectivity index is 1.70.